The van der Waals surface area contributed by atoms with E-state index in [2.05, 4.69) is 17.1 Å². The summed E-state index contributed by atoms with van der Waals surface area (Å²) in [6, 6.07) is 19.6. The molecule has 2 aromatic carbocycles. The van der Waals surface area contributed by atoms with Crippen LogP contribution in [0.4, 0.5) is 5.69 Å². The zero-order valence-electron chi connectivity index (χ0n) is 17.8. The van der Waals surface area contributed by atoms with Crippen LogP contribution >= 0.6 is 0 Å². The smallest absolute Gasteiger partial charge is 0.239 e. The molecule has 6 nitrogen and oxygen atoms in total. The van der Waals surface area contributed by atoms with Crippen LogP contribution in [0, 0.1) is 11.8 Å². The second kappa shape index (κ2) is 6.82. The number of methoxy groups -OCH3 is 2. The van der Waals surface area contributed by atoms with Crippen LogP contribution in [0.3, 0.4) is 0 Å². The molecule has 4 aliphatic rings. The SMILES string of the molecule is COC(OC)C12c3ccccc3C(c3ccccc31)[C@@H]1C(=O)N(c3ccncc3)C(=O)[C@@H]12. The quantitative estimate of drug-likeness (QED) is 0.473. The third kappa shape index (κ3) is 2.13. The van der Waals surface area contributed by atoms with Gasteiger partial charge in [-0.1, -0.05) is 48.5 Å². The first-order valence-corrected chi connectivity index (χ1v) is 10.7. The summed E-state index contributed by atoms with van der Waals surface area (Å²) in [5, 5.41) is 0. The zero-order valence-corrected chi connectivity index (χ0v) is 17.8. The highest BCUT2D eigenvalue weighted by Gasteiger charge is 2.71. The molecule has 0 saturated carbocycles. The maximum absolute atomic E-state index is 14.1. The van der Waals surface area contributed by atoms with Crippen molar-refractivity contribution in [3.8, 4) is 0 Å². The number of carbonyl (C=O) groups is 2. The minimum atomic E-state index is -0.940. The summed E-state index contributed by atoms with van der Waals surface area (Å²) in [5.74, 6) is -1.78. The summed E-state index contributed by atoms with van der Waals surface area (Å²) in [4.78, 5) is 33.4. The standard InChI is InChI=1S/C26H22N2O4/c1-31-25(32-2)26-18-9-5-3-7-16(18)20(17-8-4-6-10-19(17)26)21-22(26)24(30)28(23(21)29)15-11-13-27-14-12-15/h3-14,20-22,25H,1-2H3/t20?,21-,22+,26?/m0/s1. The number of amides is 2. The van der Waals surface area contributed by atoms with Crippen LogP contribution in [0.15, 0.2) is 73.1 Å². The van der Waals surface area contributed by atoms with E-state index in [-0.39, 0.29) is 17.7 Å². The van der Waals surface area contributed by atoms with E-state index in [1.54, 1.807) is 38.7 Å². The first-order chi connectivity index (χ1) is 15.7. The Morgan fingerprint density at radius 1 is 0.844 bits per heavy atom. The molecule has 2 amide bonds. The van der Waals surface area contributed by atoms with Gasteiger partial charge in [0, 0.05) is 32.5 Å². The van der Waals surface area contributed by atoms with Gasteiger partial charge in [-0.25, -0.2) is 4.90 Å². The number of ether oxygens (including phenoxy) is 2. The largest absolute Gasteiger partial charge is 0.355 e. The van der Waals surface area contributed by atoms with Gasteiger partial charge in [0.1, 0.15) is 0 Å². The summed E-state index contributed by atoms with van der Waals surface area (Å²) in [6.07, 6.45) is 2.45. The molecule has 1 saturated heterocycles. The van der Waals surface area contributed by atoms with Gasteiger partial charge in [0.15, 0.2) is 6.29 Å². The Kier molecular flexibility index (Phi) is 4.12. The van der Waals surface area contributed by atoms with Crippen molar-refractivity contribution in [2.75, 3.05) is 19.1 Å². The zero-order chi connectivity index (χ0) is 22.0. The lowest BCUT2D eigenvalue weighted by Gasteiger charge is -2.56. The van der Waals surface area contributed by atoms with E-state index in [0.717, 1.165) is 22.3 Å². The summed E-state index contributed by atoms with van der Waals surface area (Å²) in [7, 11) is 3.18. The van der Waals surface area contributed by atoms with Crippen molar-refractivity contribution >= 4 is 17.5 Å². The second-order valence-electron chi connectivity index (χ2n) is 8.55. The number of rotatable bonds is 4. The maximum atomic E-state index is 14.1. The van der Waals surface area contributed by atoms with Crippen molar-refractivity contribution in [1.29, 1.82) is 0 Å². The normalized spacial score (nSPS) is 27.5. The molecule has 32 heavy (non-hydrogen) atoms. The van der Waals surface area contributed by atoms with Crippen molar-refractivity contribution in [3.63, 3.8) is 0 Å². The summed E-state index contributed by atoms with van der Waals surface area (Å²) < 4.78 is 11.8. The average Bonchev–Trinajstić information content (AvgIpc) is 3.11. The van der Waals surface area contributed by atoms with Gasteiger partial charge in [0.25, 0.3) is 0 Å². The van der Waals surface area contributed by atoms with Gasteiger partial charge < -0.3 is 9.47 Å². The molecule has 0 radical (unpaired) electrons. The third-order valence-corrected chi connectivity index (χ3v) is 7.40. The molecule has 7 rings (SSSR count). The van der Waals surface area contributed by atoms with E-state index in [9.17, 15) is 9.59 Å². The molecule has 1 aromatic heterocycles. The fourth-order valence-electron chi connectivity index (χ4n) is 6.45. The molecule has 2 heterocycles. The van der Waals surface area contributed by atoms with Crippen molar-refractivity contribution < 1.29 is 19.1 Å². The lowest BCUT2D eigenvalue weighted by Crippen LogP contribution is -2.60. The topological polar surface area (TPSA) is 68.7 Å². The van der Waals surface area contributed by atoms with Gasteiger partial charge in [-0.2, -0.15) is 0 Å². The molecule has 2 bridgehead atoms. The van der Waals surface area contributed by atoms with Crippen molar-refractivity contribution in [2.24, 2.45) is 11.8 Å². The molecule has 3 aliphatic carbocycles. The Hall–Kier alpha value is -3.35. The Bertz CT molecular complexity index is 1190. The lowest BCUT2D eigenvalue weighted by molar-refractivity contribution is -0.168. The Labute approximate surface area is 185 Å². The molecule has 3 aromatic rings. The summed E-state index contributed by atoms with van der Waals surface area (Å²) >= 11 is 0. The van der Waals surface area contributed by atoms with Gasteiger partial charge in [0.2, 0.25) is 11.8 Å². The van der Waals surface area contributed by atoms with Crippen LogP contribution < -0.4 is 4.90 Å². The number of anilines is 1. The van der Waals surface area contributed by atoms with Crippen LogP contribution in [0.1, 0.15) is 28.2 Å². The summed E-state index contributed by atoms with van der Waals surface area (Å²) in [6.45, 7) is 0. The Morgan fingerprint density at radius 3 is 1.97 bits per heavy atom. The van der Waals surface area contributed by atoms with E-state index in [0.29, 0.717) is 5.69 Å². The van der Waals surface area contributed by atoms with Crippen molar-refractivity contribution in [3.05, 3.63) is 95.3 Å². The number of pyridine rings is 1. The fourth-order valence-corrected chi connectivity index (χ4v) is 6.45. The molecule has 6 heteroatoms. The van der Waals surface area contributed by atoms with E-state index in [1.165, 1.54) is 4.90 Å². The van der Waals surface area contributed by atoms with E-state index in [4.69, 9.17) is 9.47 Å². The predicted molar refractivity (Wildman–Crippen MR) is 117 cm³/mol. The minimum Gasteiger partial charge on any atom is -0.355 e. The highest BCUT2D eigenvalue weighted by atomic mass is 16.7. The van der Waals surface area contributed by atoms with Crippen LogP contribution in [-0.2, 0) is 24.5 Å². The minimum absolute atomic E-state index is 0.185. The van der Waals surface area contributed by atoms with Crippen molar-refractivity contribution in [2.45, 2.75) is 17.6 Å². The highest BCUT2D eigenvalue weighted by molar-refractivity contribution is 6.23. The molecule has 0 unspecified atom stereocenters. The van der Waals surface area contributed by atoms with Gasteiger partial charge in [-0.3, -0.25) is 14.6 Å². The molecule has 160 valence electrons. The lowest BCUT2D eigenvalue weighted by atomic mass is 9.47. The van der Waals surface area contributed by atoms with Gasteiger partial charge >= 0.3 is 0 Å². The van der Waals surface area contributed by atoms with Crippen LogP contribution in [0.5, 0.6) is 0 Å². The third-order valence-electron chi connectivity index (χ3n) is 7.40. The van der Waals surface area contributed by atoms with Gasteiger partial charge in [0.05, 0.1) is 22.9 Å². The molecule has 0 spiro atoms. The number of benzene rings is 2. The van der Waals surface area contributed by atoms with Crippen molar-refractivity contribution in [1.82, 2.24) is 4.98 Å². The number of carbonyl (C=O) groups excluding carboxylic acids is 2. The number of hydrogen-bond donors (Lipinski definition) is 0. The monoisotopic (exact) mass is 426 g/mol. The van der Waals surface area contributed by atoms with E-state index < -0.39 is 23.5 Å². The molecular weight excluding hydrogens is 404 g/mol. The van der Waals surface area contributed by atoms with Gasteiger partial charge in [-0.15, -0.1) is 0 Å². The average molecular weight is 426 g/mol. The molecular formula is C26H22N2O4. The van der Waals surface area contributed by atoms with E-state index >= 15 is 0 Å². The number of hydrogen-bond acceptors (Lipinski definition) is 5. The molecule has 1 aliphatic heterocycles. The van der Waals surface area contributed by atoms with Gasteiger partial charge in [-0.05, 0) is 34.4 Å². The number of nitrogens with zero attached hydrogens (tertiary/aromatic N) is 2. The first kappa shape index (κ1) is 19.3. The second-order valence-corrected chi connectivity index (χ2v) is 8.55. The first-order valence-electron chi connectivity index (χ1n) is 10.7. The van der Waals surface area contributed by atoms with E-state index in [1.807, 2.05) is 36.4 Å². The molecule has 0 N–H and O–H groups in total. The highest BCUT2D eigenvalue weighted by Crippen LogP contribution is 2.65. The summed E-state index contributed by atoms with van der Waals surface area (Å²) in [5.41, 5.74) is 3.71. The van der Waals surface area contributed by atoms with Crippen LogP contribution in [-0.4, -0.2) is 37.3 Å². The van der Waals surface area contributed by atoms with Crippen LogP contribution in [0.25, 0.3) is 0 Å². The Morgan fingerprint density at radius 2 is 1.41 bits per heavy atom. The molecule has 2 atom stereocenters. The molecule has 1 fully saturated rings. The number of imide groups is 1. The fraction of sp³-hybridized carbons (Fsp3) is 0.269. The number of aromatic nitrogens is 1. The maximum Gasteiger partial charge on any atom is 0.239 e. The predicted octanol–water partition coefficient (Wildman–Crippen LogP) is 3.25. The Balaban J connectivity index is 1.69. The van der Waals surface area contributed by atoms with Crippen LogP contribution in [0.2, 0.25) is 0 Å².